The highest BCUT2D eigenvalue weighted by atomic mass is 35.5. The number of nitrogens with one attached hydrogen (secondary N) is 1. The predicted octanol–water partition coefficient (Wildman–Crippen LogP) is 3.71. The summed E-state index contributed by atoms with van der Waals surface area (Å²) in [6.07, 6.45) is 3.91. The minimum Gasteiger partial charge on any atom is -0.490 e. The first-order chi connectivity index (χ1) is 10.3. The lowest BCUT2D eigenvalue weighted by atomic mass is 9.98. The molecule has 1 fully saturated rings. The first kappa shape index (κ1) is 16.4. The highest BCUT2D eigenvalue weighted by molar-refractivity contribution is 6.18. The molecule has 0 amide bonds. The molecule has 2 unspecified atom stereocenters. The van der Waals surface area contributed by atoms with E-state index in [1.165, 1.54) is 19.3 Å². The predicted molar refractivity (Wildman–Crippen MR) is 87.5 cm³/mol. The molecule has 118 valence electrons. The van der Waals surface area contributed by atoms with E-state index in [1.54, 1.807) is 0 Å². The summed E-state index contributed by atoms with van der Waals surface area (Å²) in [5, 5.41) is 3.49. The van der Waals surface area contributed by atoms with Crippen LogP contribution in [0.2, 0.25) is 0 Å². The molecule has 1 aromatic rings. The average molecular weight is 312 g/mol. The lowest BCUT2D eigenvalue weighted by Crippen LogP contribution is -2.29. The van der Waals surface area contributed by atoms with Crippen LogP contribution >= 0.6 is 11.6 Å². The second-order valence-electron chi connectivity index (χ2n) is 5.54. The summed E-state index contributed by atoms with van der Waals surface area (Å²) in [7, 11) is 0. The number of para-hydroxylation sites is 2. The molecular formula is C17H26ClNO2. The van der Waals surface area contributed by atoms with Gasteiger partial charge in [-0.25, -0.2) is 0 Å². The van der Waals surface area contributed by atoms with Crippen LogP contribution in [0.5, 0.6) is 11.5 Å². The summed E-state index contributed by atoms with van der Waals surface area (Å²) in [6, 6.07) is 7.82. The van der Waals surface area contributed by atoms with Gasteiger partial charge >= 0.3 is 0 Å². The van der Waals surface area contributed by atoms with E-state index >= 15 is 0 Å². The van der Waals surface area contributed by atoms with Crippen LogP contribution in [0, 0.1) is 11.8 Å². The van der Waals surface area contributed by atoms with E-state index in [1.807, 2.05) is 31.2 Å². The highest BCUT2D eigenvalue weighted by Gasteiger charge is 2.25. The fourth-order valence-electron chi connectivity index (χ4n) is 2.95. The van der Waals surface area contributed by atoms with E-state index in [2.05, 4.69) is 5.32 Å². The Bertz CT molecular complexity index is 414. The zero-order chi connectivity index (χ0) is 14.9. The van der Waals surface area contributed by atoms with Crippen LogP contribution in [0.15, 0.2) is 24.3 Å². The molecule has 1 N–H and O–H groups in total. The first-order valence-electron chi connectivity index (χ1n) is 7.96. The maximum absolute atomic E-state index is 6.00. The summed E-state index contributed by atoms with van der Waals surface area (Å²) < 4.78 is 11.3. The Morgan fingerprint density at radius 2 is 1.86 bits per heavy atom. The normalized spacial score (nSPS) is 21.4. The molecule has 1 aromatic carbocycles. The second kappa shape index (κ2) is 9.16. The van der Waals surface area contributed by atoms with Crippen LogP contribution < -0.4 is 14.8 Å². The molecule has 21 heavy (non-hydrogen) atoms. The second-order valence-corrected chi connectivity index (χ2v) is 5.85. The smallest absolute Gasteiger partial charge is 0.161 e. The van der Waals surface area contributed by atoms with Gasteiger partial charge in [0, 0.05) is 12.4 Å². The third-order valence-corrected chi connectivity index (χ3v) is 4.50. The minimum atomic E-state index is 0.653. The van der Waals surface area contributed by atoms with Gasteiger partial charge in [-0.15, -0.1) is 11.6 Å². The Balaban J connectivity index is 1.66. The van der Waals surface area contributed by atoms with Gasteiger partial charge in [0.05, 0.1) is 6.61 Å². The zero-order valence-electron chi connectivity index (χ0n) is 12.8. The Kier molecular flexibility index (Phi) is 7.17. The Morgan fingerprint density at radius 1 is 1.14 bits per heavy atom. The largest absolute Gasteiger partial charge is 0.490 e. The van der Waals surface area contributed by atoms with Gasteiger partial charge in [0.15, 0.2) is 11.5 Å². The molecule has 0 spiro atoms. The van der Waals surface area contributed by atoms with Crippen LogP contribution in [0.4, 0.5) is 0 Å². The van der Waals surface area contributed by atoms with Crippen molar-refractivity contribution in [1.82, 2.24) is 5.32 Å². The van der Waals surface area contributed by atoms with Crippen LogP contribution in [0.1, 0.15) is 26.2 Å². The van der Waals surface area contributed by atoms with Crippen molar-refractivity contribution in [2.45, 2.75) is 26.2 Å². The summed E-state index contributed by atoms with van der Waals surface area (Å²) in [5.41, 5.74) is 0. The fourth-order valence-corrected chi connectivity index (χ4v) is 3.36. The van der Waals surface area contributed by atoms with Gasteiger partial charge in [-0.05, 0) is 50.3 Å². The molecular weight excluding hydrogens is 286 g/mol. The maximum Gasteiger partial charge on any atom is 0.161 e. The van der Waals surface area contributed by atoms with Gasteiger partial charge in [0.25, 0.3) is 0 Å². The van der Waals surface area contributed by atoms with Crippen molar-refractivity contribution in [3.63, 3.8) is 0 Å². The van der Waals surface area contributed by atoms with Gasteiger partial charge in [-0.3, -0.25) is 0 Å². The fraction of sp³-hybridized carbons (Fsp3) is 0.647. The lowest BCUT2D eigenvalue weighted by Gasteiger charge is -2.18. The molecule has 0 radical (unpaired) electrons. The number of alkyl halides is 1. The zero-order valence-corrected chi connectivity index (χ0v) is 13.6. The molecule has 2 rings (SSSR count). The number of benzene rings is 1. The van der Waals surface area contributed by atoms with Gasteiger partial charge < -0.3 is 14.8 Å². The minimum absolute atomic E-state index is 0.653. The third kappa shape index (κ3) is 5.08. The molecule has 1 aliphatic carbocycles. The molecule has 4 heteroatoms. The van der Waals surface area contributed by atoms with E-state index in [0.717, 1.165) is 36.4 Å². The maximum atomic E-state index is 6.00. The molecule has 0 aromatic heterocycles. The average Bonchev–Trinajstić information content (AvgIpc) is 2.96. The Morgan fingerprint density at radius 3 is 2.57 bits per heavy atom. The van der Waals surface area contributed by atoms with E-state index in [0.29, 0.717) is 19.1 Å². The number of rotatable bonds is 9. The quantitative estimate of drug-likeness (QED) is 0.557. The van der Waals surface area contributed by atoms with Gasteiger partial charge in [-0.2, -0.15) is 0 Å². The molecule has 0 saturated heterocycles. The topological polar surface area (TPSA) is 30.5 Å². The number of hydrogen-bond donors (Lipinski definition) is 1. The van der Waals surface area contributed by atoms with Gasteiger partial charge in [0.2, 0.25) is 0 Å². The number of halogens is 1. The first-order valence-corrected chi connectivity index (χ1v) is 8.50. The van der Waals surface area contributed by atoms with E-state index < -0.39 is 0 Å². The summed E-state index contributed by atoms with van der Waals surface area (Å²) in [6.45, 7) is 5.19. The summed E-state index contributed by atoms with van der Waals surface area (Å²) in [5.74, 6) is 3.86. The van der Waals surface area contributed by atoms with Crippen molar-refractivity contribution in [1.29, 1.82) is 0 Å². The van der Waals surface area contributed by atoms with E-state index in [4.69, 9.17) is 21.1 Å². The van der Waals surface area contributed by atoms with Crippen molar-refractivity contribution in [3.05, 3.63) is 24.3 Å². The molecule has 3 nitrogen and oxygen atoms in total. The summed E-state index contributed by atoms with van der Waals surface area (Å²) in [4.78, 5) is 0. The van der Waals surface area contributed by atoms with Crippen LogP contribution in [-0.2, 0) is 0 Å². The molecule has 0 aliphatic heterocycles. The van der Waals surface area contributed by atoms with E-state index in [9.17, 15) is 0 Å². The number of ether oxygens (including phenoxy) is 2. The van der Waals surface area contributed by atoms with Crippen LogP contribution in [0.25, 0.3) is 0 Å². The molecule has 0 bridgehead atoms. The molecule has 1 aliphatic rings. The molecule has 0 heterocycles. The van der Waals surface area contributed by atoms with Crippen molar-refractivity contribution < 1.29 is 9.47 Å². The molecule has 1 saturated carbocycles. The Hall–Kier alpha value is -0.930. The molecule has 2 atom stereocenters. The highest BCUT2D eigenvalue weighted by Crippen LogP contribution is 2.31. The Labute approximate surface area is 133 Å². The van der Waals surface area contributed by atoms with E-state index in [-0.39, 0.29) is 0 Å². The summed E-state index contributed by atoms with van der Waals surface area (Å²) >= 11 is 6.00. The van der Waals surface area contributed by atoms with Crippen molar-refractivity contribution in [3.8, 4) is 11.5 Å². The van der Waals surface area contributed by atoms with Crippen molar-refractivity contribution in [2.75, 3.05) is 32.2 Å². The van der Waals surface area contributed by atoms with Crippen molar-refractivity contribution >= 4 is 11.6 Å². The monoisotopic (exact) mass is 311 g/mol. The standard InChI is InChI=1S/C17H26ClNO2/c1-2-20-16-8-3-4-9-17(16)21-11-10-19-13-15-7-5-6-14(15)12-18/h3-4,8-9,14-15,19H,2,5-7,10-13H2,1H3. The van der Waals surface area contributed by atoms with Crippen LogP contribution in [-0.4, -0.2) is 32.2 Å². The van der Waals surface area contributed by atoms with Gasteiger partial charge in [-0.1, -0.05) is 18.6 Å². The van der Waals surface area contributed by atoms with Crippen molar-refractivity contribution in [2.24, 2.45) is 11.8 Å². The third-order valence-electron chi connectivity index (χ3n) is 4.11. The SMILES string of the molecule is CCOc1ccccc1OCCNCC1CCCC1CCl. The number of hydrogen-bond acceptors (Lipinski definition) is 3. The lowest BCUT2D eigenvalue weighted by molar-refractivity contribution is 0.271. The van der Waals surface area contributed by atoms with Crippen LogP contribution in [0.3, 0.4) is 0 Å². The van der Waals surface area contributed by atoms with Gasteiger partial charge in [0.1, 0.15) is 6.61 Å².